The molecule has 1 atom stereocenters. The quantitative estimate of drug-likeness (QED) is 0.925. The lowest BCUT2D eigenvalue weighted by atomic mass is 9.73. The lowest BCUT2D eigenvalue weighted by Gasteiger charge is -2.39. The second-order valence-electron chi connectivity index (χ2n) is 6.08. The number of rotatable bonds is 3. The minimum absolute atomic E-state index is 0.0181. The van der Waals surface area contributed by atoms with Gasteiger partial charge in [0.15, 0.2) is 0 Å². The van der Waals surface area contributed by atoms with E-state index in [1.807, 2.05) is 30.3 Å². The molecule has 1 N–H and O–H groups in total. The molecule has 2 fully saturated rings. The molecule has 5 heteroatoms. The van der Waals surface area contributed by atoms with E-state index in [9.17, 15) is 14.7 Å². The van der Waals surface area contributed by atoms with Gasteiger partial charge >= 0.3 is 5.97 Å². The van der Waals surface area contributed by atoms with E-state index in [0.717, 1.165) is 18.4 Å². The molecule has 0 bridgehead atoms. The van der Waals surface area contributed by atoms with Crippen molar-refractivity contribution in [3.05, 3.63) is 35.9 Å². The van der Waals surface area contributed by atoms with Gasteiger partial charge in [0.05, 0.1) is 5.41 Å². The summed E-state index contributed by atoms with van der Waals surface area (Å²) < 4.78 is 5.44. The van der Waals surface area contributed by atoms with E-state index >= 15 is 0 Å². The number of carboxylic acid groups (broad SMARTS) is 1. The highest BCUT2D eigenvalue weighted by atomic mass is 16.5. The van der Waals surface area contributed by atoms with Crippen molar-refractivity contribution in [2.24, 2.45) is 0 Å². The number of amides is 1. The number of carbonyl (C=O) groups excluding carboxylic acids is 1. The number of nitrogens with zero attached hydrogens (tertiary/aromatic N) is 1. The maximum atomic E-state index is 12.4. The summed E-state index contributed by atoms with van der Waals surface area (Å²) in [5, 5.41) is 9.75. The Bertz CT molecular complexity index is 543. The molecule has 1 aromatic carbocycles. The molecule has 3 rings (SSSR count). The molecule has 0 saturated carbocycles. The van der Waals surface area contributed by atoms with Crippen LogP contribution in [0.15, 0.2) is 30.3 Å². The molecular weight excluding hydrogens is 282 g/mol. The molecule has 0 aromatic heterocycles. The molecule has 1 amide bonds. The lowest BCUT2D eigenvalue weighted by Crippen LogP contribution is -2.51. The first-order chi connectivity index (χ1) is 10.6. The van der Waals surface area contributed by atoms with Crippen LogP contribution in [0.1, 0.15) is 31.2 Å². The van der Waals surface area contributed by atoms with Crippen LogP contribution in [0.25, 0.3) is 0 Å². The van der Waals surface area contributed by atoms with Gasteiger partial charge in [-0.15, -0.1) is 0 Å². The van der Waals surface area contributed by atoms with Gasteiger partial charge in [-0.2, -0.15) is 0 Å². The Balaban J connectivity index is 1.73. The summed E-state index contributed by atoms with van der Waals surface area (Å²) in [5.74, 6) is -0.785. The molecule has 2 aliphatic heterocycles. The number of carbonyl (C=O) groups is 2. The van der Waals surface area contributed by atoms with Crippen molar-refractivity contribution in [3.63, 3.8) is 0 Å². The molecule has 1 aromatic rings. The second kappa shape index (κ2) is 6.08. The average Bonchev–Trinajstić information content (AvgIpc) is 3.09. The van der Waals surface area contributed by atoms with Crippen LogP contribution in [-0.2, 0) is 19.7 Å². The van der Waals surface area contributed by atoms with E-state index in [4.69, 9.17) is 4.74 Å². The van der Waals surface area contributed by atoms with Gasteiger partial charge in [-0.25, -0.2) is 0 Å². The third-order valence-corrected chi connectivity index (χ3v) is 4.87. The SMILES string of the molecule is O=C(C1CCCO1)N1CCC(C(=O)O)(c2ccccc2)CC1. The molecule has 22 heavy (non-hydrogen) atoms. The predicted molar refractivity (Wildman–Crippen MR) is 80.5 cm³/mol. The van der Waals surface area contributed by atoms with Crippen LogP contribution in [0.4, 0.5) is 0 Å². The Kier molecular flexibility index (Phi) is 4.16. The molecule has 2 saturated heterocycles. The van der Waals surface area contributed by atoms with E-state index in [1.165, 1.54) is 0 Å². The Morgan fingerprint density at radius 1 is 1.18 bits per heavy atom. The molecule has 0 spiro atoms. The topological polar surface area (TPSA) is 66.8 Å². The van der Waals surface area contributed by atoms with Crippen molar-refractivity contribution in [1.82, 2.24) is 4.90 Å². The van der Waals surface area contributed by atoms with Crippen molar-refractivity contribution >= 4 is 11.9 Å². The first kappa shape index (κ1) is 15.0. The van der Waals surface area contributed by atoms with E-state index in [2.05, 4.69) is 0 Å². The summed E-state index contributed by atoms with van der Waals surface area (Å²) in [7, 11) is 0. The highest BCUT2D eigenvalue weighted by Crippen LogP contribution is 2.36. The van der Waals surface area contributed by atoms with Crippen molar-refractivity contribution in [3.8, 4) is 0 Å². The summed E-state index contributed by atoms with van der Waals surface area (Å²) in [6.07, 6.45) is 2.27. The molecule has 1 unspecified atom stereocenters. The van der Waals surface area contributed by atoms with E-state index in [1.54, 1.807) is 4.90 Å². The second-order valence-corrected chi connectivity index (χ2v) is 6.08. The summed E-state index contributed by atoms with van der Waals surface area (Å²) >= 11 is 0. The highest BCUT2D eigenvalue weighted by molar-refractivity contribution is 5.84. The van der Waals surface area contributed by atoms with Crippen molar-refractivity contribution in [1.29, 1.82) is 0 Å². The number of benzene rings is 1. The number of ether oxygens (including phenoxy) is 1. The van der Waals surface area contributed by atoms with Crippen LogP contribution >= 0.6 is 0 Å². The van der Waals surface area contributed by atoms with E-state index < -0.39 is 11.4 Å². The molecule has 0 aliphatic carbocycles. The smallest absolute Gasteiger partial charge is 0.314 e. The van der Waals surface area contributed by atoms with Gasteiger partial charge in [0, 0.05) is 19.7 Å². The molecule has 2 aliphatic rings. The number of hydrogen-bond donors (Lipinski definition) is 1. The highest BCUT2D eigenvalue weighted by Gasteiger charge is 2.44. The maximum absolute atomic E-state index is 12.4. The molecule has 5 nitrogen and oxygen atoms in total. The van der Waals surface area contributed by atoms with Gasteiger partial charge in [-0.3, -0.25) is 9.59 Å². The summed E-state index contributed by atoms with van der Waals surface area (Å²) in [4.78, 5) is 26.0. The Hall–Kier alpha value is -1.88. The van der Waals surface area contributed by atoms with Gasteiger partial charge < -0.3 is 14.7 Å². The Morgan fingerprint density at radius 2 is 1.86 bits per heavy atom. The number of carboxylic acids is 1. The van der Waals surface area contributed by atoms with Crippen molar-refractivity contribution in [2.45, 2.75) is 37.2 Å². The number of hydrogen-bond acceptors (Lipinski definition) is 3. The third kappa shape index (κ3) is 2.61. The van der Waals surface area contributed by atoms with Crippen molar-refractivity contribution < 1.29 is 19.4 Å². The minimum Gasteiger partial charge on any atom is -0.481 e. The maximum Gasteiger partial charge on any atom is 0.314 e. The van der Waals surface area contributed by atoms with Crippen LogP contribution in [0.2, 0.25) is 0 Å². The molecular formula is C17H21NO4. The zero-order chi connectivity index (χ0) is 15.6. The van der Waals surface area contributed by atoms with Crippen LogP contribution in [0.5, 0.6) is 0 Å². The Labute approximate surface area is 129 Å². The van der Waals surface area contributed by atoms with Gasteiger partial charge in [0.25, 0.3) is 5.91 Å². The normalized spacial score (nSPS) is 24.2. The first-order valence-electron chi connectivity index (χ1n) is 7.83. The average molecular weight is 303 g/mol. The largest absolute Gasteiger partial charge is 0.481 e. The fraction of sp³-hybridized carbons (Fsp3) is 0.529. The molecule has 118 valence electrons. The monoisotopic (exact) mass is 303 g/mol. The predicted octanol–water partition coefficient (Wildman–Crippen LogP) is 1.81. The number of piperidine rings is 1. The number of likely N-dealkylation sites (tertiary alicyclic amines) is 1. The molecule has 0 radical (unpaired) electrons. The zero-order valence-corrected chi connectivity index (χ0v) is 12.5. The molecule has 2 heterocycles. The fourth-order valence-corrected chi connectivity index (χ4v) is 3.47. The van der Waals surface area contributed by atoms with Crippen LogP contribution in [0.3, 0.4) is 0 Å². The first-order valence-corrected chi connectivity index (χ1v) is 7.83. The van der Waals surface area contributed by atoms with Crippen molar-refractivity contribution in [2.75, 3.05) is 19.7 Å². The summed E-state index contributed by atoms with van der Waals surface area (Å²) in [5.41, 5.74) is -0.0547. The van der Waals surface area contributed by atoms with Gasteiger partial charge in [-0.05, 0) is 31.2 Å². The zero-order valence-electron chi connectivity index (χ0n) is 12.5. The lowest BCUT2D eigenvalue weighted by molar-refractivity contribution is -0.150. The van der Waals surface area contributed by atoms with Gasteiger partial charge in [-0.1, -0.05) is 30.3 Å². The summed E-state index contributed by atoms with van der Waals surface area (Å²) in [6, 6.07) is 9.35. The van der Waals surface area contributed by atoms with E-state index in [-0.39, 0.29) is 12.0 Å². The standard InChI is InChI=1S/C17H21NO4/c19-15(14-7-4-12-22-14)18-10-8-17(9-11-18,16(20)21)13-5-2-1-3-6-13/h1-3,5-6,14H,4,7-12H2,(H,20,21). The van der Waals surface area contributed by atoms with E-state index in [0.29, 0.717) is 32.5 Å². The van der Waals surface area contributed by atoms with Crippen LogP contribution < -0.4 is 0 Å². The third-order valence-electron chi connectivity index (χ3n) is 4.87. The van der Waals surface area contributed by atoms with Gasteiger partial charge in [0.1, 0.15) is 6.10 Å². The number of aliphatic carboxylic acids is 1. The minimum atomic E-state index is -0.880. The van der Waals surface area contributed by atoms with Gasteiger partial charge in [0.2, 0.25) is 0 Å². The van der Waals surface area contributed by atoms with Crippen LogP contribution in [-0.4, -0.2) is 47.7 Å². The van der Waals surface area contributed by atoms with Crippen LogP contribution in [0, 0.1) is 0 Å². The summed E-state index contributed by atoms with van der Waals surface area (Å²) in [6.45, 7) is 1.59. The fourth-order valence-electron chi connectivity index (χ4n) is 3.47. The Morgan fingerprint density at radius 3 is 2.41 bits per heavy atom.